The number of aromatic nitrogens is 4. The number of hydrogen-bond donors (Lipinski definition) is 1. The number of hydrogen-bond acceptors (Lipinski definition) is 6. The van der Waals surface area contributed by atoms with Crippen molar-refractivity contribution in [3.05, 3.63) is 59.6 Å². The summed E-state index contributed by atoms with van der Waals surface area (Å²) in [6, 6.07) is 6.68. The smallest absolute Gasteiger partial charge is 0.246 e. The van der Waals surface area contributed by atoms with Gasteiger partial charge in [-0.1, -0.05) is 0 Å². The Morgan fingerprint density at radius 3 is 2.74 bits per heavy atom. The number of anilines is 2. The summed E-state index contributed by atoms with van der Waals surface area (Å²) in [4.78, 5) is 8.92. The van der Waals surface area contributed by atoms with Crippen LogP contribution in [0.5, 0.6) is 0 Å². The van der Waals surface area contributed by atoms with Crippen molar-refractivity contribution in [1.29, 1.82) is 0 Å². The van der Waals surface area contributed by atoms with E-state index in [9.17, 15) is 12.8 Å². The van der Waals surface area contributed by atoms with Crippen molar-refractivity contribution in [1.82, 2.24) is 24.1 Å². The first-order chi connectivity index (χ1) is 14.8. The van der Waals surface area contributed by atoms with Crippen LogP contribution in [0.4, 0.5) is 15.9 Å². The van der Waals surface area contributed by atoms with E-state index in [0.29, 0.717) is 37.6 Å². The van der Waals surface area contributed by atoms with Crippen molar-refractivity contribution >= 4 is 21.5 Å². The number of halogens is 1. The van der Waals surface area contributed by atoms with Gasteiger partial charge in [-0.2, -0.15) is 9.40 Å². The fourth-order valence-electron chi connectivity index (χ4n) is 3.82. The Morgan fingerprint density at radius 2 is 2.06 bits per heavy atom. The van der Waals surface area contributed by atoms with Crippen LogP contribution < -0.4 is 5.32 Å². The van der Waals surface area contributed by atoms with E-state index in [2.05, 4.69) is 20.4 Å². The molecule has 31 heavy (non-hydrogen) atoms. The van der Waals surface area contributed by atoms with Crippen molar-refractivity contribution in [2.24, 2.45) is 0 Å². The van der Waals surface area contributed by atoms with E-state index in [4.69, 9.17) is 0 Å². The summed E-state index contributed by atoms with van der Waals surface area (Å²) < 4.78 is 42.6. The number of aryl methyl sites for hydroxylation is 3. The van der Waals surface area contributed by atoms with Crippen LogP contribution in [0.1, 0.15) is 36.3 Å². The summed E-state index contributed by atoms with van der Waals surface area (Å²) in [5.41, 5.74) is 2.92. The van der Waals surface area contributed by atoms with E-state index in [1.54, 1.807) is 23.9 Å². The molecule has 4 rings (SSSR count). The summed E-state index contributed by atoms with van der Waals surface area (Å²) in [5, 5.41) is 7.43. The highest BCUT2D eigenvalue weighted by molar-refractivity contribution is 7.89. The third-order valence-corrected chi connectivity index (χ3v) is 7.35. The van der Waals surface area contributed by atoms with Crippen molar-refractivity contribution in [2.75, 3.05) is 18.4 Å². The minimum Gasteiger partial charge on any atom is -0.340 e. The molecule has 0 bridgehead atoms. The average Bonchev–Trinajstić information content (AvgIpc) is 3.37. The largest absolute Gasteiger partial charge is 0.340 e. The Kier molecular flexibility index (Phi) is 5.76. The van der Waals surface area contributed by atoms with Gasteiger partial charge in [-0.3, -0.25) is 9.67 Å². The van der Waals surface area contributed by atoms with E-state index in [1.807, 2.05) is 26.0 Å². The summed E-state index contributed by atoms with van der Waals surface area (Å²) in [6.45, 7) is 6.94. The molecule has 3 aromatic rings. The summed E-state index contributed by atoms with van der Waals surface area (Å²) in [7, 11) is -3.61. The first kappa shape index (κ1) is 21.4. The third kappa shape index (κ3) is 4.45. The zero-order chi connectivity index (χ0) is 22.2. The molecule has 164 valence electrons. The van der Waals surface area contributed by atoms with Crippen LogP contribution in [0, 0.1) is 19.7 Å². The first-order valence-electron chi connectivity index (χ1n) is 10.2. The number of nitrogens with one attached hydrogen (secondary N) is 1. The Labute approximate surface area is 181 Å². The SMILES string of the molecule is CCn1cc(S(=O)(=O)N2CC[C@H](c3cc(Nc4ccc(F)cn4)cc(C)n3)C2)c(C)n1. The normalized spacial score (nSPS) is 17.2. The molecule has 3 aromatic heterocycles. The second-order valence-corrected chi connectivity index (χ2v) is 9.60. The van der Waals surface area contributed by atoms with Crippen LogP contribution in [0.15, 0.2) is 41.6 Å². The molecular formula is C21H25FN6O2S. The molecule has 1 aliphatic rings. The number of nitrogens with zero attached hydrogens (tertiary/aromatic N) is 5. The lowest BCUT2D eigenvalue weighted by molar-refractivity contribution is 0.471. The van der Waals surface area contributed by atoms with E-state index in [-0.39, 0.29) is 10.8 Å². The standard InChI is InChI=1S/C21H25FN6O2S/c1-4-27-13-20(15(3)26-27)31(29,30)28-8-7-16(12-28)19-10-18(9-14(2)24-19)25-21-6-5-17(22)11-23-21/h5-6,9-11,13,16H,4,7-8,12H2,1-3H3,(H,23,24,25)/t16-/m0/s1. The molecule has 8 nitrogen and oxygen atoms in total. The van der Waals surface area contributed by atoms with Gasteiger partial charge >= 0.3 is 0 Å². The van der Waals surface area contributed by atoms with Crippen molar-refractivity contribution in [3.63, 3.8) is 0 Å². The summed E-state index contributed by atoms with van der Waals surface area (Å²) >= 11 is 0. The Morgan fingerprint density at radius 1 is 1.26 bits per heavy atom. The maximum atomic E-state index is 13.2. The molecule has 1 atom stereocenters. The van der Waals surface area contributed by atoms with Crippen LogP contribution in [0.25, 0.3) is 0 Å². The zero-order valence-corrected chi connectivity index (χ0v) is 18.5. The number of pyridine rings is 2. The molecule has 1 fully saturated rings. The Hall–Kier alpha value is -2.85. The van der Waals surface area contributed by atoms with Crippen molar-refractivity contribution in [3.8, 4) is 0 Å². The molecule has 0 saturated carbocycles. The third-order valence-electron chi connectivity index (χ3n) is 5.39. The fraction of sp³-hybridized carbons (Fsp3) is 0.381. The van der Waals surface area contributed by atoms with E-state index >= 15 is 0 Å². The minimum atomic E-state index is -3.61. The predicted octanol–water partition coefficient (Wildman–Crippen LogP) is 3.37. The van der Waals surface area contributed by atoms with E-state index in [1.165, 1.54) is 10.4 Å². The van der Waals surface area contributed by atoms with Gasteiger partial charge in [-0.25, -0.2) is 17.8 Å². The lowest BCUT2D eigenvalue weighted by atomic mass is 10.0. The van der Waals surface area contributed by atoms with Gasteiger partial charge < -0.3 is 5.32 Å². The molecule has 1 N–H and O–H groups in total. The van der Waals surface area contributed by atoms with Crippen LogP contribution in [-0.2, 0) is 16.6 Å². The lowest BCUT2D eigenvalue weighted by Gasteiger charge is -2.17. The predicted molar refractivity (Wildman–Crippen MR) is 115 cm³/mol. The minimum absolute atomic E-state index is 0.0158. The Bertz CT molecular complexity index is 1190. The molecule has 1 saturated heterocycles. The highest BCUT2D eigenvalue weighted by atomic mass is 32.2. The van der Waals surface area contributed by atoms with Gasteiger partial charge in [0.2, 0.25) is 10.0 Å². The second-order valence-electron chi connectivity index (χ2n) is 7.69. The summed E-state index contributed by atoms with van der Waals surface area (Å²) in [6.07, 6.45) is 3.44. The van der Waals surface area contributed by atoms with Crippen molar-refractivity contribution in [2.45, 2.75) is 44.6 Å². The highest BCUT2D eigenvalue weighted by Crippen LogP contribution is 2.32. The number of sulfonamides is 1. The maximum Gasteiger partial charge on any atom is 0.246 e. The van der Waals surface area contributed by atoms with E-state index in [0.717, 1.165) is 23.3 Å². The van der Waals surface area contributed by atoms with Gasteiger partial charge in [0.15, 0.2) is 0 Å². The zero-order valence-electron chi connectivity index (χ0n) is 17.7. The quantitative estimate of drug-likeness (QED) is 0.627. The van der Waals surface area contributed by atoms with Gasteiger partial charge in [0.1, 0.15) is 16.5 Å². The van der Waals surface area contributed by atoms with Crippen LogP contribution in [0.2, 0.25) is 0 Å². The fourth-order valence-corrected chi connectivity index (χ4v) is 5.48. The first-order valence-corrected chi connectivity index (χ1v) is 11.6. The van der Waals surface area contributed by atoms with Crippen molar-refractivity contribution < 1.29 is 12.8 Å². The highest BCUT2D eigenvalue weighted by Gasteiger charge is 2.35. The van der Waals surface area contributed by atoms with Crippen LogP contribution in [-0.4, -0.2) is 45.6 Å². The molecule has 10 heteroatoms. The molecule has 1 aliphatic heterocycles. The molecule has 0 unspecified atom stereocenters. The molecule has 0 spiro atoms. The van der Waals surface area contributed by atoms with E-state index < -0.39 is 15.8 Å². The molecule has 0 radical (unpaired) electrons. The van der Waals surface area contributed by atoms with Gasteiger partial charge in [0.05, 0.1) is 11.9 Å². The molecule has 0 aromatic carbocycles. The van der Waals surface area contributed by atoms with Gasteiger partial charge in [-0.15, -0.1) is 0 Å². The van der Waals surface area contributed by atoms with Gasteiger partial charge in [-0.05, 0) is 51.5 Å². The number of rotatable bonds is 6. The van der Waals surface area contributed by atoms with Gasteiger partial charge in [0.25, 0.3) is 0 Å². The molecule has 4 heterocycles. The summed E-state index contributed by atoms with van der Waals surface area (Å²) in [5.74, 6) is 0.110. The van der Waals surface area contributed by atoms with Crippen LogP contribution in [0.3, 0.4) is 0 Å². The van der Waals surface area contributed by atoms with Crippen LogP contribution >= 0.6 is 0 Å². The molecular weight excluding hydrogens is 419 g/mol. The second kappa shape index (κ2) is 8.35. The van der Waals surface area contributed by atoms with Gasteiger partial charge in [0, 0.05) is 48.8 Å². The maximum absolute atomic E-state index is 13.2. The Balaban J connectivity index is 1.54. The topological polar surface area (TPSA) is 93.0 Å². The lowest BCUT2D eigenvalue weighted by Crippen LogP contribution is -2.29. The molecule has 0 aliphatic carbocycles. The monoisotopic (exact) mass is 444 g/mol. The molecule has 0 amide bonds. The average molecular weight is 445 g/mol.